The van der Waals surface area contributed by atoms with E-state index in [1.165, 1.54) is 6.26 Å². The third-order valence-corrected chi connectivity index (χ3v) is 5.18. The van der Waals surface area contributed by atoms with Gasteiger partial charge in [-0.2, -0.15) is 5.10 Å². The van der Waals surface area contributed by atoms with Crippen LogP contribution in [-0.2, 0) is 16.1 Å². The SMILES string of the molecule is CC(C)C(NC(=O)c1ccco1)C(=O)OCc1cn(-c2ccccc2)nc1-c1ccccc1. The van der Waals surface area contributed by atoms with Gasteiger partial charge in [-0.1, -0.05) is 62.4 Å². The van der Waals surface area contributed by atoms with Crippen LogP contribution in [0, 0.1) is 5.92 Å². The highest BCUT2D eigenvalue weighted by Crippen LogP contribution is 2.24. The smallest absolute Gasteiger partial charge is 0.329 e. The summed E-state index contributed by atoms with van der Waals surface area (Å²) in [6.45, 7) is 3.71. The average molecular weight is 444 g/mol. The van der Waals surface area contributed by atoms with E-state index in [2.05, 4.69) is 5.32 Å². The number of carbonyl (C=O) groups excluding carboxylic acids is 2. The molecular weight excluding hydrogens is 418 g/mol. The summed E-state index contributed by atoms with van der Waals surface area (Å²) in [6.07, 6.45) is 3.27. The summed E-state index contributed by atoms with van der Waals surface area (Å²) in [4.78, 5) is 25.3. The number of amides is 1. The molecule has 168 valence electrons. The number of furan rings is 1. The summed E-state index contributed by atoms with van der Waals surface area (Å²) in [5, 5.41) is 7.44. The van der Waals surface area contributed by atoms with Crippen LogP contribution in [0.4, 0.5) is 0 Å². The van der Waals surface area contributed by atoms with Crippen molar-refractivity contribution in [3.05, 3.63) is 96.6 Å². The first-order valence-corrected chi connectivity index (χ1v) is 10.7. The molecule has 0 aliphatic heterocycles. The van der Waals surface area contributed by atoms with Crippen LogP contribution < -0.4 is 5.32 Å². The minimum Gasteiger partial charge on any atom is -0.459 e. The molecule has 0 spiro atoms. The molecule has 4 aromatic rings. The topological polar surface area (TPSA) is 86.4 Å². The van der Waals surface area contributed by atoms with Gasteiger partial charge in [-0.25, -0.2) is 9.48 Å². The van der Waals surface area contributed by atoms with Gasteiger partial charge in [0.2, 0.25) is 0 Å². The van der Waals surface area contributed by atoms with E-state index in [0.29, 0.717) is 0 Å². The lowest BCUT2D eigenvalue weighted by atomic mass is 10.0. The van der Waals surface area contributed by atoms with E-state index < -0.39 is 17.9 Å². The lowest BCUT2D eigenvalue weighted by Gasteiger charge is -2.20. The molecule has 7 nitrogen and oxygen atoms in total. The molecule has 2 aromatic carbocycles. The highest BCUT2D eigenvalue weighted by molar-refractivity contribution is 5.94. The van der Waals surface area contributed by atoms with E-state index in [9.17, 15) is 9.59 Å². The van der Waals surface area contributed by atoms with Crippen molar-refractivity contribution in [3.8, 4) is 16.9 Å². The maximum absolute atomic E-state index is 12.9. The number of para-hydroxylation sites is 1. The van der Waals surface area contributed by atoms with Crippen LogP contribution in [0.15, 0.2) is 89.7 Å². The zero-order valence-corrected chi connectivity index (χ0v) is 18.5. The van der Waals surface area contributed by atoms with E-state index in [0.717, 1.165) is 22.5 Å². The van der Waals surface area contributed by atoms with Gasteiger partial charge in [-0.05, 0) is 30.2 Å². The summed E-state index contributed by atoms with van der Waals surface area (Å²) in [6, 6.07) is 21.8. The van der Waals surface area contributed by atoms with Gasteiger partial charge in [0.05, 0.1) is 17.6 Å². The van der Waals surface area contributed by atoms with Gasteiger partial charge in [0.15, 0.2) is 5.76 Å². The monoisotopic (exact) mass is 443 g/mol. The van der Waals surface area contributed by atoms with Crippen molar-refractivity contribution in [2.75, 3.05) is 0 Å². The van der Waals surface area contributed by atoms with Gasteiger partial charge >= 0.3 is 5.97 Å². The maximum atomic E-state index is 12.9. The number of nitrogens with zero attached hydrogens (tertiary/aromatic N) is 2. The lowest BCUT2D eigenvalue weighted by Crippen LogP contribution is -2.45. The Hall–Kier alpha value is -4.13. The van der Waals surface area contributed by atoms with Gasteiger partial charge in [0.25, 0.3) is 5.91 Å². The number of rotatable bonds is 8. The Kier molecular flexibility index (Phi) is 6.69. The van der Waals surface area contributed by atoms with E-state index in [1.54, 1.807) is 16.8 Å². The van der Waals surface area contributed by atoms with Gasteiger partial charge in [0, 0.05) is 17.3 Å². The Bertz CT molecular complexity index is 1200. The fourth-order valence-electron chi connectivity index (χ4n) is 3.42. The minimum atomic E-state index is -0.813. The van der Waals surface area contributed by atoms with E-state index in [4.69, 9.17) is 14.3 Å². The molecule has 4 rings (SSSR count). The van der Waals surface area contributed by atoms with Crippen molar-refractivity contribution >= 4 is 11.9 Å². The molecule has 0 saturated carbocycles. The first-order chi connectivity index (χ1) is 16.0. The van der Waals surface area contributed by atoms with Crippen molar-refractivity contribution in [2.45, 2.75) is 26.5 Å². The van der Waals surface area contributed by atoms with E-state index in [-0.39, 0.29) is 18.3 Å². The Labute approximate surface area is 192 Å². The van der Waals surface area contributed by atoms with Crippen molar-refractivity contribution in [3.63, 3.8) is 0 Å². The average Bonchev–Trinajstić information content (AvgIpc) is 3.52. The molecule has 1 unspecified atom stereocenters. The van der Waals surface area contributed by atoms with Crippen LogP contribution in [0.2, 0.25) is 0 Å². The Morgan fingerprint density at radius 1 is 1.00 bits per heavy atom. The van der Waals surface area contributed by atoms with Crippen molar-refractivity contribution in [2.24, 2.45) is 5.92 Å². The molecule has 2 heterocycles. The molecule has 0 aliphatic carbocycles. The number of carbonyl (C=O) groups is 2. The molecular formula is C26H25N3O4. The summed E-state index contributed by atoms with van der Waals surface area (Å²) in [5.41, 5.74) is 3.31. The van der Waals surface area contributed by atoms with Crippen LogP contribution in [0.3, 0.4) is 0 Å². The standard InChI is InChI=1S/C26H25N3O4/c1-18(2)23(27-25(30)22-14-9-15-32-22)26(31)33-17-20-16-29(21-12-7-4-8-13-21)28-24(20)19-10-5-3-6-11-19/h3-16,18,23H,17H2,1-2H3,(H,27,30). The molecule has 0 radical (unpaired) electrons. The summed E-state index contributed by atoms with van der Waals surface area (Å²) in [7, 11) is 0. The fraction of sp³-hybridized carbons (Fsp3) is 0.192. The third kappa shape index (κ3) is 5.20. The molecule has 33 heavy (non-hydrogen) atoms. The van der Waals surface area contributed by atoms with Crippen LogP contribution in [0.1, 0.15) is 30.0 Å². The number of hydrogen-bond acceptors (Lipinski definition) is 5. The van der Waals surface area contributed by atoms with Gasteiger partial charge < -0.3 is 14.5 Å². The number of aromatic nitrogens is 2. The number of benzene rings is 2. The molecule has 2 aromatic heterocycles. The molecule has 0 fully saturated rings. The first-order valence-electron chi connectivity index (χ1n) is 10.7. The molecule has 1 amide bonds. The van der Waals surface area contributed by atoms with Crippen molar-refractivity contribution < 1.29 is 18.7 Å². The predicted molar refractivity (Wildman–Crippen MR) is 124 cm³/mol. The van der Waals surface area contributed by atoms with Gasteiger partial charge in [-0.15, -0.1) is 0 Å². The maximum Gasteiger partial charge on any atom is 0.329 e. The Balaban J connectivity index is 1.54. The quantitative estimate of drug-likeness (QED) is 0.401. The predicted octanol–water partition coefficient (Wildman–Crippen LogP) is 4.63. The fourth-order valence-corrected chi connectivity index (χ4v) is 3.42. The van der Waals surface area contributed by atoms with E-state index in [1.807, 2.05) is 80.7 Å². The molecule has 0 bridgehead atoms. The highest BCUT2D eigenvalue weighted by Gasteiger charge is 2.27. The van der Waals surface area contributed by atoms with Crippen LogP contribution in [0.25, 0.3) is 16.9 Å². The largest absolute Gasteiger partial charge is 0.459 e. The third-order valence-electron chi connectivity index (χ3n) is 5.18. The number of hydrogen-bond donors (Lipinski definition) is 1. The van der Waals surface area contributed by atoms with Crippen molar-refractivity contribution in [1.29, 1.82) is 0 Å². The Morgan fingerprint density at radius 2 is 1.70 bits per heavy atom. The minimum absolute atomic E-state index is 0.0235. The molecule has 0 saturated heterocycles. The second-order valence-electron chi connectivity index (χ2n) is 7.93. The first kappa shape index (κ1) is 22.1. The number of nitrogens with one attached hydrogen (secondary N) is 1. The summed E-state index contributed by atoms with van der Waals surface area (Å²) < 4.78 is 12.5. The van der Waals surface area contributed by atoms with E-state index >= 15 is 0 Å². The van der Waals surface area contributed by atoms with Crippen molar-refractivity contribution in [1.82, 2.24) is 15.1 Å². The Morgan fingerprint density at radius 3 is 2.33 bits per heavy atom. The van der Waals surface area contributed by atoms with Gasteiger partial charge in [-0.3, -0.25) is 4.79 Å². The summed E-state index contributed by atoms with van der Waals surface area (Å²) >= 11 is 0. The molecule has 7 heteroatoms. The number of ether oxygens (including phenoxy) is 1. The molecule has 0 aliphatic rings. The zero-order chi connectivity index (χ0) is 23.2. The summed E-state index contributed by atoms with van der Waals surface area (Å²) in [5.74, 6) is -1.00. The second kappa shape index (κ2) is 9.99. The lowest BCUT2D eigenvalue weighted by molar-refractivity contribution is -0.148. The second-order valence-corrected chi connectivity index (χ2v) is 7.93. The normalized spacial score (nSPS) is 11.8. The van der Waals surface area contributed by atoms with Crippen LogP contribution >= 0.6 is 0 Å². The van der Waals surface area contributed by atoms with Crippen LogP contribution in [0.5, 0.6) is 0 Å². The van der Waals surface area contributed by atoms with Crippen LogP contribution in [-0.4, -0.2) is 27.7 Å². The molecule has 1 atom stereocenters. The number of esters is 1. The zero-order valence-electron chi connectivity index (χ0n) is 18.5. The molecule has 1 N–H and O–H groups in total. The highest BCUT2D eigenvalue weighted by atomic mass is 16.5. The van der Waals surface area contributed by atoms with Gasteiger partial charge in [0.1, 0.15) is 12.6 Å².